The monoisotopic (exact) mass is 329 g/mol. The molecule has 1 aromatic carbocycles. The molecule has 0 aromatic heterocycles. The molecule has 1 amide bonds. The Labute approximate surface area is 119 Å². The van der Waals surface area contributed by atoms with E-state index in [0.717, 1.165) is 4.47 Å². The van der Waals surface area contributed by atoms with E-state index in [4.69, 9.17) is 15.7 Å². The number of rotatable bonds is 6. The summed E-state index contributed by atoms with van der Waals surface area (Å²) in [6, 6.07) is 5.09. The van der Waals surface area contributed by atoms with Gasteiger partial charge in [0.15, 0.2) is 0 Å². The van der Waals surface area contributed by atoms with Crippen LogP contribution in [0.15, 0.2) is 27.8 Å². The van der Waals surface area contributed by atoms with E-state index >= 15 is 0 Å². The highest BCUT2D eigenvalue weighted by Gasteiger charge is 2.08. The first-order valence-electron chi connectivity index (χ1n) is 5.66. The van der Waals surface area contributed by atoms with Gasteiger partial charge in [0.25, 0.3) is 5.91 Å². The lowest BCUT2D eigenvalue weighted by Gasteiger charge is -2.07. The molecule has 1 rings (SSSR count). The van der Waals surface area contributed by atoms with E-state index in [0.29, 0.717) is 30.7 Å². The molecule has 0 heterocycles. The maximum atomic E-state index is 11.8. The normalized spacial score (nSPS) is 11.2. The number of amides is 1. The number of amidine groups is 1. The van der Waals surface area contributed by atoms with Gasteiger partial charge in [-0.05, 0) is 40.5 Å². The van der Waals surface area contributed by atoms with Gasteiger partial charge in [-0.15, -0.1) is 0 Å². The third kappa shape index (κ3) is 4.78. The lowest BCUT2D eigenvalue weighted by atomic mass is 10.2. The van der Waals surface area contributed by atoms with Crippen molar-refractivity contribution in [2.24, 2.45) is 10.9 Å². The Morgan fingerprint density at radius 2 is 2.32 bits per heavy atom. The lowest BCUT2D eigenvalue weighted by molar-refractivity contribution is 0.0953. The number of halogens is 1. The summed E-state index contributed by atoms with van der Waals surface area (Å²) in [5, 5.41) is 14.0. The van der Waals surface area contributed by atoms with Gasteiger partial charge < -0.3 is 21.0 Å². The number of benzene rings is 1. The maximum absolute atomic E-state index is 11.8. The predicted octanol–water partition coefficient (Wildman–Crippen LogP) is 1.71. The molecule has 0 radical (unpaired) electrons. The highest BCUT2D eigenvalue weighted by Crippen LogP contribution is 2.25. The van der Waals surface area contributed by atoms with Crippen molar-refractivity contribution in [2.75, 3.05) is 13.7 Å². The molecule has 104 valence electrons. The highest BCUT2D eigenvalue weighted by atomic mass is 79.9. The zero-order valence-electron chi connectivity index (χ0n) is 10.5. The van der Waals surface area contributed by atoms with Crippen LogP contribution in [0.1, 0.15) is 23.2 Å². The summed E-state index contributed by atoms with van der Waals surface area (Å²) in [7, 11) is 1.56. The first-order valence-corrected chi connectivity index (χ1v) is 6.46. The second kappa shape index (κ2) is 7.63. The fourth-order valence-electron chi connectivity index (χ4n) is 1.43. The molecule has 7 heteroatoms. The number of methoxy groups -OCH3 is 1. The van der Waals surface area contributed by atoms with Crippen LogP contribution in [-0.2, 0) is 0 Å². The van der Waals surface area contributed by atoms with Crippen LogP contribution in [0, 0.1) is 0 Å². The largest absolute Gasteiger partial charge is 0.496 e. The Morgan fingerprint density at radius 1 is 1.58 bits per heavy atom. The van der Waals surface area contributed by atoms with Gasteiger partial charge in [0, 0.05) is 18.5 Å². The molecule has 0 aliphatic rings. The third-order valence-corrected chi connectivity index (χ3v) is 3.06. The molecule has 4 N–H and O–H groups in total. The SMILES string of the molecule is COc1ccc(C(=O)NCCCC(N)=NO)cc1Br. The lowest BCUT2D eigenvalue weighted by Crippen LogP contribution is -2.25. The number of nitrogens with one attached hydrogen (secondary N) is 1. The molecular weight excluding hydrogens is 314 g/mol. The van der Waals surface area contributed by atoms with Crippen molar-refractivity contribution in [3.63, 3.8) is 0 Å². The number of oxime groups is 1. The highest BCUT2D eigenvalue weighted by molar-refractivity contribution is 9.10. The molecule has 0 saturated carbocycles. The number of hydrogen-bond acceptors (Lipinski definition) is 4. The van der Waals surface area contributed by atoms with Crippen molar-refractivity contribution in [1.29, 1.82) is 0 Å². The van der Waals surface area contributed by atoms with E-state index in [-0.39, 0.29) is 11.7 Å². The van der Waals surface area contributed by atoms with Gasteiger partial charge in [0.1, 0.15) is 11.6 Å². The fraction of sp³-hybridized carbons (Fsp3) is 0.333. The number of ether oxygens (including phenoxy) is 1. The van der Waals surface area contributed by atoms with Crippen molar-refractivity contribution >= 4 is 27.7 Å². The quantitative estimate of drug-likeness (QED) is 0.243. The summed E-state index contributed by atoms with van der Waals surface area (Å²) in [6.45, 7) is 0.457. The minimum Gasteiger partial charge on any atom is -0.496 e. The summed E-state index contributed by atoms with van der Waals surface area (Å²) < 4.78 is 5.81. The average Bonchev–Trinajstić information content (AvgIpc) is 2.42. The number of carbonyl (C=O) groups is 1. The molecule has 6 nitrogen and oxygen atoms in total. The summed E-state index contributed by atoms with van der Waals surface area (Å²) in [5.74, 6) is 0.646. The number of hydrogen-bond donors (Lipinski definition) is 3. The van der Waals surface area contributed by atoms with Crippen molar-refractivity contribution < 1.29 is 14.7 Å². The molecule has 0 atom stereocenters. The topological polar surface area (TPSA) is 96.9 Å². The molecule has 0 saturated heterocycles. The van der Waals surface area contributed by atoms with Crippen LogP contribution in [0.5, 0.6) is 5.75 Å². The number of nitrogens with zero attached hydrogens (tertiary/aromatic N) is 1. The van der Waals surface area contributed by atoms with Crippen LogP contribution in [-0.4, -0.2) is 30.6 Å². The molecular formula is C12H16BrN3O3. The van der Waals surface area contributed by atoms with Crippen molar-refractivity contribution in [1.82, 2.24) is 5.32 Å². The summed E-state index contributed by atoms with van der Waals surface area (Å²) >= 11 is 3.32. The third-order valence-electron chi connectivity index (χ3n) is 2.44. The first kappa shape index (κ1) is 15.3. The van der Waals surface area contributed by atoms with E-state index in [2.05, 4.69) is 26.4 Å². The van der Waals surface area contributed by atoms with Gasteiger partial charge in [-0.2, -0.15) is 0 Å². The first-order chi connectivity index (χ1) is 9.08. The van der Waals surface area contributed by atoms with Crippen molar-refractivity contribution in [3.8, 4) is 5.75 Å². The standard InChI is InChI=1S/C12H16BrN3O3/c1-19-10-5-4-8(7-9(10)13)12(17)15-6-2-3-11(14)16-18/h4-5,7,18H,2-3,6H2,1H3,(H2,14,16)(H,15,17). The summed E-state index contributed by atoms with van der Waals surface area (Å²) in [5.41, 5.74) is 5.86. The van der Waals surface area contributed by atoms with E-state index in [9.17, 15) is 4.79 Å². The summed E-state index contributed by atoms with van der Waals surface area (Å²) in [6.07, 6.45) is 1.04. The van der Waals surface area contributed by atoms with Crippen LogP contribution in [0.4, 0.5) is 0 Å². The Kier molecular flexibility index (Phi) is 6.14. The van der Waals surface area contributed by atoms with Gasteiger partial charge in [-0.3, -0.25) is 4.79 Å². The van der Waals surface area contributed by atoms with E-state index in [1.165, 1.54) is 0 Å². The smallest absolute Gasteiger partial charge is 0.251 e. The predicted molar refractivity (Wildman–Crippen MR) is 75.7 cm³/mol. The second-order valence-electron chi connectivity index (χ2n) is 3.80. The number of nitrogens with two attached hydrogens (primary N) is 1. The molecule has 19 heavy (non-hydrogen) atoms. The Hall–Kier alpha value is -1.76. The summed E-state index contributed by atoms with van der Waals surface area (Å²) in [4.78, 5) is 11.8. The van der Waals surface area contributed by atoms with Gasteiger partial charge in [0.2, 0.25) is 0 Å². The molecule has 0 fully saturated rings. The molecule has 0 spiro atoms. The zero-order chi connectivity index (χ0) is 14.3. The van der Waals surface area contributed by atoms with Crippen LogP contribution >= 0.6 is 15.9 Å². The van der Waals surface area contributed by atoms with Crippen molar-refractivity contribution in [2.45, 2.75) is 12.8 Å². The number of carbonyl (C=O) groups excluding carboxylic acids is 1. The Bertz CT molecular complexity index is 477. The Morgan fingerprint density at radius 3 is 2.89 bits per heavy atom. The fourth-order valence-corrected chi connectivity index (χ4v) is 1.97. The van der Waals surface area contributed by atoms with Crippen LogP contribution < -0.4 is 15.8 Å². The molecule has 0 bridgehead atoms. The van der Waals surface area contributed by atoms with E-state index in [1.54, 1.807) is 25.3 Å². The van der Waals surface area contributed by atoms with Gasteiger partial charge >= 0.3 is 0 Å². The van der Waals surface area contributed by atoms with E-state index < -0.39 is 0 Å². The second-order valence-corrected chi connectivity index (χ2v) is 4.65. The van der Waals surface area contributed by atoms with Crippen LogP contribution in [0.3, 0.4) is 0 Å². The van der Waals surface area contributed by atoms with Crippen molar-refractivity contribution in [3.05, 3.63) is 28.2 Å². The Balaban J connectivity index is 2.48. The molecule has 0 unspecified atom stereocenters. The van der Waals surface area contributed by atoms with Gasteiger partial charge in [-0.1, -0.05) is 5.16 Å². The van der Waals surface area contributed by atoms with Crippen LogP contribution in [0.25, 0.3) is 0 Å². The molecule has 1 aromatic rings. The molecule has 0 aliphatic heterocycles. The molecule has 0 aliphatic carbocycles. The minimum absolute atomic E-state index is 0.154. The van der Waals surface area contributed by atoms with Gasteiger partial charge in [0.05, 0.1) is 11.6 Å². The van der Waals surface area contributed by atoms with Gasteiger partial charge in [-0.25, -0.2) is 0 Å². The van der Waals surface area contributed by atoms with E-state index in [1.807, 2.05) is 0 Å². The minimum atomic E-state index is -0.178. The maximum Gasteiger partial charge on any atom is 0.251 e. The van der Waals surface area contributed by atoms with Crippen LogP contribution in [0.2, 0.25) is 0 Å². The zero-order valence-corrected chi connectivity index (χ0v) is 12.1. The average molecular weight is 330 g/mol.